The van der Waals surface area contributed by atoms with Gasteiger partial charge in [0, 0.05) is 18.7 Å². The minimum absolute atomic E-state index is 0.104. The van der Waals surface area contributed by atoms with Crippen LogP contribution in [-0.2, 0) is 9.59 Å². The Morgan fingerprint density at radius 2 is 1.76 bits per heavy atom. The van der Waals surface area contributed by atoms with Crippen molar-refractivity contribution in [3.8, 4) is 5.75 Å². The van der Waals surface area contributed by atoms with Gasteiger partial charge in [-0.2, -0.15) is 0 Å². The Hall–Kier alpha value is -3.64. The van der Waals surface area contributed by atoms with E-state index in [0.29, 0.717) is 31.0 Å². The molecule has 6 nitrogen and oxygen atoms in total. The van der Waals surface area contributed by atoms with Crippen LogP contribution < -0.4 is 4.74 Å². The molecular weight excluding hydrogens is 428 g/mol. The Bertz CT molecular complexity index is 1240. The zero-order valence-corrected chi connectivity index (χ0v) is 19.8. The van der Waals surface area contributed by atoms with Crippen molar-refractivity contribution in [2.75, 3.05) is 33.8 Å². The highest BCUT2D eigenvalue weighted by Gasteiger charge is 2.46. The van der Waals surface area contributed by atoms with Crippen molar-refractivity contribution in [2.24, 2.45) is 0 Å². The summed E-state index contributed by atoms with van der Waals surface area (Å²) in [4.78, 5) is 30.0. The van der Waals surface area contributed by atoms with Crippen molar-refractivity contribution >= 4 is 28.2 Å². The van der Waals surface area contributed by atoms with Crippen molar-refractivity contribution in [3.05, 3.63) is 83.4 Å². The van der Waals surface area contributed by atoms with E-state index < -0.39 is 17.7 Å². The highest BCUT2D eigenvalue weighted by molar-refractivity contribution is 6.46. The summed E-state index contributed by atoms with van der Waals surface area (Å²) in [6.45, 7) is 3.54. The Kier molecular flexibility index (Phi) is 6.98. The Labute approximate surface area is 200 Å². The van der Waals surface area contributed by atoms with E-state index >= 15 is 0 Å². The Morgan fingerprint density at radius 1 is 1.03 bits per heavy atom. The van der Waals surface area contributed by atoms with Gasteiger partial charge in [-0.05, 0) is 49.0 Å². The predicted octanol–water partition coefficient (Wildman–Crippen LogP) is 4.61. The van der Waals surface area contributed by atoms with Crippen molar-refractivity contribution in [3.63, 3.8) is 0 Å². The number of Topliss-reactive ketones (excluding diaryl/α,β-unsaturated/α-hetero) is 1. The van der Waals surface area contributed by atoms with Crippen LogP contribution in [0.5, 0.6) is 5.75 Å². The second-order valence-electron chi connectivity index (χ2n) is 8.74. The average Bonchev–Trinajstić information content (AvgIpc) is 3.10. The number of rotatable bonds is 8. The number of carbonyl (C=O) groups is 2. The first-order valence-electron chi connectivity index (χ1n) is 11.6. The van der Waals surface area contributed by atoms with Crippen molar-refractivity contribution in [2.45, 2.75) is 19.4 Å². The van der Waals surface area contributed by atoms with E-state index in [4.69, 9.17) is 4.74 Å². The molecule has 1 fully saturated rings. The topological polar surface area (TPSA) is 70.1 Å². The molecule has 0 spiro atoms. The molecule has 176 valence electrons. The molecule has 0 saturated carbocycles. The number of hydrogen-bond donors (Lipinski definition) is 1. The summed E-state index contributed by atoms with van der Waals surface area (Å²) >= 11 is 0. The summed E-state index contributed by atoms with van der Waals surface area (Å²) in [7, 11) is 3.84. The molecular formula is C28H30N2O4. The molecule has 1 amide bonds. The van der Waals surface area contributed by atoms with Crippen LogP contribution in [0.15, 0.2) is 72.3 Å². The van der Waals surface area contributed by atoms with Crippen molar-refractivity contribution in [1.29, 1.82) is 0 Å². The number of ketones is 1. The largest absolute Gasteiger partial charge is 0.507 e. The third-order valence-electron chi connectivity index (χ3n) is 6.02. The number of hydrogen-bond acceptors (Lipinski definition) is 5. The molecule has 1 N–H and O–H groups in total. The molecule has 1 aliphatic rings. The molecule has 3 aromatic rings. The van der Waals surface area contributed by atoms with E-state index in [-0.39, 0.29) is 11.3 Å². The van der Waals surface area contributed by atoms with E-state index in [1.807, 2.05) is 86.6 Å². The summed E-state index contributed by atoms with van der Waals surface area (Å²) in [5, 5.41) is 13.2. The smallest absolute Gasteiger partial charge is 0.295 e. The highest BCUT2D eigenvalue weighted by Crippen LogP contribution is 2.41. The maximum absolute atomic E-state index is 13.3. The van der Waals surface area contributed by atoms with Gasteiger partial charge in [-0.25, -0.2) is 0 Å². The number of amides is 1. The van der Waals surface area contributed by atoms with Gasteiger partial charge in [0.25, 0.3) is 11.7 Å². The molecule has 1 unspecified atom stereocenters. The van der Waals surface area contributed by atoms with Crippen LogP contribution in [0.2, 0.25) is 0 Å². The second-order valence-corrected chi connectivity index (χ2v) is 8.74. The maximum atomic E-state index is 13.3. The van der Waals surface area contributed by atoms with Gasteiger partial charge in [-0.1, -0.05) is 61.5 Å². The van der Waals surface area contributed by atoms with Gasteiger partial charge in [0.15, 0.2) is 0 Å². The molecule has 0 aliphatic carbocycles. The van der Waals surface area contributed by atoms with E-state index in [0.717, 1.165) is 22.8 Å². The van der Waals surface area contributed by atoms with Crippen LogP contribution >= 0.6 is 0 Å². The summed E-state index contributed by atoms with van der Waals surface area (Å²) < 4.78 is 5.81. The van der Waals surface area contributed by atoms with Crippen LogP contribution in [0.3, 0.4) is 0 Å². The first-order valence-corrected chi connectivity index (χ1v) is 11.6. The molecule has 0 radical (unpaired) electrons. The number of ether oxygens (including phenoxy) is 1. The highest BCUT2D eigenvalue weighted by atomic mass is 16.5. The molecule has 6 heteroatoms. The number of nitrogens with zero attached hydrogens (tertiary/aromatic N) is 2. The zero-order valence-electron chi connectivity index (χ0n) is 19.8. The van der Waals surface area contributed by atoms with Crippen LogP contribution in [0.25, 0.3) is 16.5 Å². The normalized spacial score (nSPS) is 17.6. The molecule has 1 heterocycles. The van der Waals surface area contributed by atoms with E-state index in [9.17, 15) is 14.7 Å². The zero-order chi connectivity index (χ0) is 24.2. The lowest BCUT2D eigenvalue weighted by Gasteiger charge is -2.27. The molecule has 0 bridgehead atoms. The first-order chi connectivity index (χ1) is 16.4. The average molecular weight is 459 g/mol. The quantitative estimate of drug-likeness (QED) is 0.303. The second kappa shape index (κ2) is 10.1. The summed E-state index contributed by atoms with van der Waals surface area (Å²) in [5.74, 6) is -0.766. The summed E-state index contributed by atoms with van der Waals surface area (Å²) in [6, 6.07) is 20.0. The fourth-order valence-corrected chi connectivity index (χ4v) is 4.34. The summed E-state index contributed by atoms with van der Waals surface area (Å²) in [5.41, 5.74) is 1.37. The van der Waals surface area contributed by atoms with Gasteiger partial charge in [-0.3, -0.25) is 9.59 Å². The van der Waals surface area contributed by atoms with Crippen LogP contribution in [0.1, 0.15) is 30.5 Å². The summed E-state index contributed by atoms with van der Waals surface area (Å²) in [6.07, 6.45) is 0.868. The van der Waals surface area contributed by atoms with Crippen LogP contribution in [-0.4, -0.2) is 60.4 Å². The minimum Gasteiger partial charge on any atom is -0.507 e. The first kappa shape index (κ1) is 23.5. The fourth-order valence-electron chi connectivity index (χ4n) is 4.34. The maximum Gasteiger partial charge on any atom is 0.295 e. The Morgan fingerprint density at radius 3 is 2.53 bits per heavy atom. The fraction of sp³-hybridized carbons (Fsp3) is 0.286. The molecule has 0 aromatic heterocycles. The van der Waals surface area contributed by atoms with Gasteiger partial charge in [0.05, 0.1) is 18.2 Å². The molecule has 1 atom stereocenters. The molecule has 4 rings (SSSR count). The van der Waals surface area contributed by atoms with E-state index in [1.165, 1.54) is 0 Å². The van der Waals surface area contributed by atoms with Gasteiger partial charge in [0.1, 0.15) is 11.5 Å². The number of likely N-dealkylation sites (tertiary alicyclic amines) is 1. The van der Waals surface area contributed by atoms with Gasteiger partial charge < -0.3 is 19.6 Å². The number of fused-ring (bicyclic) bond motifs is 1. The third-order valence-corrected chi connectivity index (χ3v) is 6.02. The Balaban J connectivity index is 1.88. The van der Waals surface area contributed by atoms with Gasteiger partial charge in [0.2, 0.25) is 0 Å². The van der Waals surface area contributed by atoms with Gasteiger partial charge >= 0.3 is 0 Å². The van der Waals surface area contributed by atoms with Crippen molar-refractivity contribution in [1.82, 2.24) is 9.80 Å². The number of benzene rings is 3. The number of likely N-dealkylation sites (N-methyl/N-ethyl adjacent to an activating group) is 1. The lowest BCUT2D eigenvalue weighted by molar-refractivity contribution is -0.140. The van der Waals surface area contributed by atoms with Crippen LogP contribution in [0.4, 0.5) is 0 Å². The minimum atomic E-state index is -0.705. The number of carbonyl (C=O) groups excluding carboxylic acids is 2. The van der Waals surface area contributed by atoms with E-state index in [2.05, 4.69) is 0 Å². The lowest BCUT2D eigenvalue weighted by atomic mass is 9.93. The number of aliphatic hydroxyl groups is 1. The molecule has 1 saturated heterocycles. The lowest BCUT2D eigenvalue weighted by Crippen LogP contribution is -2.35. The van der Waals surface area contributed by atoms with Gasteiger partial charge in [-0.15, -0.1) is 0 Å². The molecule has 3 aromatic carbocycles. The standard InChI is InChI=1S/C28H30N2O4/c1-4-17-34-21-12-7-11-20(18-21)25-24(27(32)28(33)30(25)16-15-29(2)3)26(31)23-14-8-10-19-9-5-6-13-22(19)23/h5-14,18,25,31H,4,15-17H2,1-3H3/b26-24-. The van der Waals surface area contributed by atoms with Crippen LogP contribution in [0, 0.1) is 0 Å². The van der Waals surface area contributed by atoms with E-state index in [1.54, 1.807) is 11.0 Å². The van der Waals surface area contributed by atoms with Crippen molar-refractivity contribution < 1.29 is 19.4 Å². The SMILES string of the molecule is CCCOc1cccc(C2/C(=C(/O)c3cccc4ccccc34)C(=O)C(=O)N2CCN(C)C)c1. The third kappa shape index (κ3) is 4.54. The molecule has 34 heavy (non-hydrogen) atoms. The monoisotopic (exact) mass is 458 g/mol. The molecule has 1 aliphatic heterocycles. The number of aliphatic hydroxyl groups excluding tert-OH is 1. The predicted molar refractivity (Wildman–Crippen MR) is 134 cm³/mol.